The molecule has 0 radical (unpaired) electrons. The van der Waals surface area contributed by atoms with Crippen molar-refractivity contribution >= 4 is 11.8 Å². The quantitative estimate of drug-likeness (QED) is 0.779. The Hall–Kier alpha value is -2.15. The van der Waals surface area contributed by atoms with Crippen molar-refractivity contribution in [3.05, 3.63) is 35.4 Å². The average Bonchev–Trinajstić information content (AvgIpc) is 2.53. The number of amides is 2. The van der Waals surface area contributed by atoms with Gasteiger partial charge in [0.25, 0.3) is 5.91 Å². The molecule has 1 unspecified atom stereocenters. The molecule has 0 spiro atoms. The SMILES string of the molecule is CCCCN1C(=O)c2ccccc2C(C)(CC(C)(C)C#N)C1=O. The van der Waals surface area contributed by atoms with Crippen LogP contribution in [-0.2, 0) is 10.2 Å². The Bertz CT molecular complexity index is 672. The molecule has 1 heterocycles. The number of unbranched alkanes of at least 4 members (excludes halogenated alkanes) is 1. The van der Waals surface area contributed by atoms with Gasteiger partial charge in [-0.2, -0.15) is 5.26 Å². The highest BCUT2D eigenvalue weighted by atomic mass is 16.2. The normalized spacial score (nSPS) is 21.1. The van der Waals surface area contributed by atoms with E-state index in [9.17, 15) is 14.9 Å². The van der Waals surface area contributed by atoms with Gasteiger partial charge in [-0.25, -0.2) is 0 Å². The third-order valence-electron chi connectivity index (χ3n) is 4.55. The van der Waals surface area contributed by atoms with Crippen molar-refractivity contribution in [3.63, 3.8) is 0 Å². The van der Waals surface area contributed by atoms with Crippen LogP contribution in [0.25, 0.3) is 0 Å². The summed E-state index contributed by atoms with van der Waals surface area (Å²) in [6.07, 6.45) is 2.10. The Morgan fingerprint density at radius 3 is 2.52 bits per heavy atom. The van der Waals surface area contributed by atoms with Crippen molar-refractivity contribution < 1.29 is 9.59 Å². The molecule has 4 heteroatoms. The molecule has 4 nitrogen and oxygen atoms in total. The summed E-state index contributed by atoms with van der Waals surface area (Å²) in [5.74, 6) is -0.399. The van der Waals surface area contributed by atoms with E-state index in [1.54, 1.807) is 6.07 Å². The molecule has 1 aromatic carbocycles. The van der Waals surface area contributed by atoms with Gasteiger partial charge in [-0.1, -0.05) is 31.5 Å². The molecule has 1 atom stereocenters. The molecule has 1 aliphatic rings. The number of hydrogen-bond acceptors (Lipinski definition) is 3. The second kappa shape index (κ2) is 6.16. The minimum absolute atomic E-state index is 0.182. The van der Waals surface area contributed by atoms with Crippen LogP contribution >= 0.6 is 0 Å². The van der Waals surface area contributed by atoms with Crippen LogP contribution < -0.4 is 0 Å². The molecule has 2 amide bonds. The van der Waals surface area contributed by atoms with Crippen molar-refractivity contribution in [2.24, 2.45) is 5.41 Å². The molecule has 0 N–H and O–H groups in total. The van der Waals surface area contributed by atoms with Gasteiger partial charge in [0.05, 0.1) is 16.9 Å². The van der Waals surface area contributed by atoms with Gasteiger partial charge in [0.1, 0.15) is 0 Å². The van der Waals surface area contributed by atoms with Crippen LogP contribution in [0.5, 0.6) is 0 Å². The fraction of sp³-hybridized carbons (Fsp3) is 0.526. The third kappa shape index (κ3) is 3.01. The maximum absolute atomic E-state index is 13.1. The second-order valence-electron chi connectivity index (χ2n) is 7.17. The summed E-state index contributed by atoms with van der Waals surface area (Å²) in [6, 6.07) is 9.57. The van der Waals surface area contributed by atoms with Crippen molar-refractivity contribution in [2.75, 3.05) is 6.54 Å². The summed E-state index contributed by atoms with van der Waals surface area (Å²) >= 11 is 0. The highest BCUT2D eigenvalue weighted by Crippen LogP contribution is 2.42. The first kappa shape index (κ1) is 17.2. The zero-order valence-corrected chi connectivity index (χ0v) is 14.3. The maximum Gasteiger partial charge on any atom is 0.260 e. The van der Waals surface area contributed by atoms with Crippen LogP contribution in [0.15, 0.2) is 24.3 Å². The lowest BCUT2D eigenvalue weighted by Crippen LogP contribution is -2.54. The first-order chi connectivity index (χ1) is 10.8. The van der Waals surface area contributed by atoms with Gasteiger partial charge in [0.15, 0.2) is 0 Å². The molecule has 1 aliphatic heterocycles. The molecule has 0 aliphatic carbocycles. The van der Waals surface area contributed by atoms with Crippen LogP contribution in [0.3, 0.4) is 0 Å². The number of nitriles is 1. The summed E-state index contributed by atoms with van der Waals surface area (Å²) in [5.41, 5.74) is -0.170. The molecule has 0 bridgehead atoms. The summed E-state index contributed by atoms with van der Waals surface area (Å²) in [5, 5.41) is 9.39. The van der Waals surface area contributed by atoms with Gasteiger partial charge in [-0.05, 0) is 45.2 Å². The van der Waals surface area contributed by atoms with Crippen LogP contribution in [0.2, 0.25) is 0 Å². The van der Waals surface area contributed by atoms with Gasteiger partial charge in [0, 0.05) is 12.1 Å². The molecular weight excluding hydrogens is 288 g/mol. The summed E-state index contributed by atoms with van der Waals surface area (Å²) in [6.45, 7) is 8.00. The first-order valence-electron chi connectivity index (χ1n) is 8.14. The molecule has 0 fully saturated rings. The lowest BCUT2D eigenvalue weighted by atomic mass is 9.67. The number of benzene rings is 1. The van der Waals surface area contributed by atoms with E-state index in [1.807, 2.05) is 45.9 Å². The van der Waals surface area contributed by atoms with E-state index in [-0.39, 0.29) is 11.8 Å². The summed E-state index contributed by atoms with van der Waals surface area (Å²) in [7, 11) is 0. The molecule has 0 aromatic heterocycles. The Labute approximate surface area is 138 Å². The number of rotatable bonds is 5. The van der Waals surface area contributed by atoms with Crippen LogP contribution in [-0.4, -0.2) is 23.3 Å². The monoisotopic (exact) mass is 312 g/mol. The molecule has 0 saturated heterocycles. The molecule has 2 rings (SSSR count). The predicted octanol–water partition coefficient (Wildman–Crippen LogP) is 3.67. The van der Waals surface area contributed by atoms with E-state index in [4.69, 9.17) is 0 Å². The summed E-state index contributed by atoms with van der Waals surface area (Å²) < 4.78 is 0. The summed E-state index contributed by atoms with van der Waals surface area (Å²) in [4.78, 5) is 27.2. The molecule has 0 saturated carbocycles. The predicted molar refractivity (Wildman–Crippen MR) is 88.8 cm³/mol. The van der Waals surface area contributed by atoms with Crippen LogP contribution in [0.1, 0.15) is 62.9 Å². The van der Waals surface area contributed by atoms with Crippen LogP contribution in [0.4, 0.5) is 0 Å². The number of carbonyl (C=O) groups is 2. The van der Waals surface area contributed by atoms with Crippen molar-refractivity contribution in [1.29, 1.82) is 5.26 Å². The topological polar surface area (TPSA) is 61.2 Å². The molecule has 1 aromatic rings. The Kier molecular flexibility index (Phi) is 4.61. The fourth-order valence-electron chi connectivity index (χ4n) is 3.42. The first-order valence-corrected chi connectivity index (χ1v) is 8.14. The van der Waals surface area contributed by atoms with Crippen LogP contribution in [0, 0.1) is 16.7 Å². The number of imide groups is 1. The third-order valence-corrected chi connectivity index (χ3v) is 4.55. The molecule has 122 valence electrons. The van der Waals surface area contributed by atoms with Gasteiger partial charge in [-0.15, -0.1) is 0 Å². The van der Waals surface area contributed by atoms with E-state index in [1.165, 1.54) is 4.90 Å². The number of fused-ring (bicyclic) bond motifs is 1. The van der Waals surface area contributed by atoms with Crippen molar-refractivity contribution in [3.8, 4) is 6.07 Å². The highest BCUT2D eigenvalue weighted by molar-refractivity contribution is 6.13. The van der Waals surface area contributed by atoms with E-state index in [0.29, 0.717) is 18.5 Å². The van der Waals surface area contributed by atoms with Gasteiger partial charge in [-0.3, -0.25) is 14.5 Å². The van der Waals surface area contributed by atoms with E-state index < -0.39 is 10.8 Å². The lowest BCUT2D eigenvalue weighted by molar-refractivity contribution is -0.136. The van der Waals surface area contributed by atoms with Crippen molar-refractivity contribution in [2.45, 2.75) is 52.4 Å². The smallest absolute Gasteiger partial charge is 0.260 e. The second-order valence-corrected chi connectivity index (χ2v) is 7.17. The average molecular weight is 312 g/mol. The Morgan fingerprint density at radius 1 is 1.26 bits per heavy atom. The number of nitrogens with zero attached hydrogens (tertiary/aromatic N) is 2. The van der Waals surface area contributed by atoms with E-state index in [0.717, 1.165) is 18.4 Å². The van der Waals surface area contributed by atoms with Gasteiger partial charge < -0.3 is 0 Å². The zero-order chi connectivity index (χ0) is 17.3. The minimum atomic E-state index is -0.850. The molecular formula is C19H24N2O2. The number of carbonyl (C=O) groups excluding carboxylic acids is 2. The maximum atomic E-state index is 13.1. The zero-order valence-electron chi connectivity index (χ0n) is 14.3. The lowest BCUT2D eigenvalue weighted by Gasteiger charge is -2.42. The van der Waals surface area contributed by atoms with E-state index >= 15 is 0 Å². The largest absolute Gasteiger partial charge is 0.278 e. The number of hydrogen-bond donors (Lipinski definition) is 0. The highest BCUT2D eigenvalue weighted by Gasteiger charge is 2.49. The standard InChI is InChI=1S/C19H24N2O2/c1-5-6-11-21-16(22)14-9-7-8-10-15(14)19(4,17(21)23)12-18(2,3)13-20/h7-10H,5-6,11-12H2,1-4H3. The van der Waals surface area contributed by atoms with Gasteiger partial charge >= 0.3 is 0 Å². The Balaban J connectivity index is 2.55. The Morgan fingerprint density at radius 2 is 1.91 bits per heavy atom. The molecule has 23 heavy (non-hydrogen) atoms. The van der Waals surface area contributed by atoms with Crippen molar-refractivity contribution in [1.82, 2.24) is 4.90 Å². The minimum Gasteiger partial charge on any atom is -0.278 e. The fourth-order valence-corrected chi connectivity index (χ4v) is 3.42. The van der Waals surface area contributed by atoms with E-state index in [2.05, 4.69) is 6.07 Å². The van der Waals surface area contributed by atoms with Gasteiger partial charge in [0.2, 0.25) is 5.91 Å².